The highest BCUT2D eigenvalue weighted by Gasteiger charge is 2.25. The Morgan fingerprint density at radius 1 is 1.80 bits per heavy atom. The standard InChI is InChI=1S/C7H9BrO2/c1-2-4-9-7-6(8)3-5-10-7/h1,6-7H,3-5H2/t6-,7+/m0/s1. The molecule has 0 radical (unpaired) electrons. The van der Waals surface area contributed by atoms with Crippen LogP contribution in [-0.4, -0.2) is 24.3 Å². The van der Waals surface area contributed by atoms with E-state index < -0.39 is 0 Å². The highest BCUT2D eigenvalue weighted by atomic mass is 79.9. The van der Waals surface area contributed by atoms with Crippen LogP contribution in [0, 0.1) is 12.3 Å². The summed E-state index contributed by atoms with van der Waals surface area (Å²) in [7, 11) is 0. The van der Waals surface area contributed by atoms with Crippen LogP contribution in [0.2, 0.25) is 0 Å². The predicted molar refractivity (Wildman–Crippen MR) is 41.9 cm³/mol. The van der Waals surface area contributed by atoms with Gasteiger partial charge in [-0.2, -0.15) is 0 Å². The summed E-state index contributed by atoms with van der Waals surface area (Å²) >= 11 is 3.42. The van der Waals surface area contributed by atoms with Gasteiger partial charge in [-0.1, -0.05) is 21.9 Å². The number of ether oxygens (including phenoxy) is 2. The number of hydrogen-bond acceptors (Lipinski definition) is 2. The number of rotatable bonds is 2. The molecule has 56 valence electrons. The molecule has 1 aliphatic rings. The van der Waals surface area contributed by atoms with Crippen LogP contribution >= 0.6 is 15.9 Å². The van der Waals surface area contributed by atoms with Crippen molar-refractivity contribution < 1.29 is 9.47 Å². The highest BCUT2D eigenvalue weighted by molar-refractivity contribution is 9.09. The van der Waals surface area contributed by atoms with Crippen LogP contribution in [0.4, 0.5) is 0 Å². The molecule has 0 aromatic heterocycles. The van der Waals surface area contributed by atoms with Gasteiger partial charge < -0.3 is 9.47 Å². The molecule has 1 saturated heterocycles. The summed E-state index contributed by atoms with van der Waals surface area (Å²) in [5.41, 5.74) is 0. The molecule has 3 heteroatoms. The molecule has 10 heavy (non-hydrogen) atoms. The van der Waals surface area contributed by atoms with Crippen molar-refractivity contribution in [2.45, 2.75) is 17.5 Å². The lowest BCUT2D eigenvalue weighted by Crippen LogP contribution is -2.19. The van der Waals surface area contributed by atoms with Crippen molar-refractivity contribution in [2.24, 2.45) is 0 Å². The van der Waals surface area contributed by atoms with Crippen LogP contribution in [0.25, 0.3) is 0 Å². The van der Waals surface area contributed by atoms with Crippen LogP contribution in [0.5, 0.6) is 0 Å². The van der Waals surface area contributed by atoms with Crippen LogP contribution in [0.15, 0.2) is 0 Å². The van der Waals surface area contributed by atoms with Gasteiger partial charge >= 0.3 is 0 Å². The van der Waals surface area contributed by atoms with E-state index >= 15 is 0 Å². The second-order valence-electron chi connectivity index (χ2n) is 2.06. The lowest BCUT2D eigenvalue weighted by Gasteiger charge is -2.11. The summed E-state index contributed by atoms with van der Waals surface area (Å²) in [5.74, 6) is 2.39. The molecular formula is C7H9BrO2. The van der Waals surface area contributed by atoms with Crippen LogP contribution in [-0.2, 0) is 9.47 Å². The largest absolute Gasteiger partial charge is 0.351 e. The molecule has 1 heterocycles. The zero-order valence-corrected chi connectivity index (χ0v) is 7.13. The maximum absolute atomic E-state index is 5.20. The Hall–Kier alpha value is -0.0400. The van der Waals surface area contributed by atoms with E-state index in [1.54, 1.807) is 0 Å². The van der Waals surface area contributed by atoms with Gasteiger partial charge in [-0.3, -0.25) is 0 Å². The van der Waals surface area contributed by atoms with Crippen molar-refractivity contribution in [3.63, 3.8) is 0 Å². The Balaban J connectivity index is 2.21. The first kappa shape index (κ1) is 8.06. The van der Waals surface area contributed by atoms with Crippen molar-refractivity contribution in [1.29, 1.82) is 0 Å². The Labute approximate surface area is 69.0 Å². The van der Waals surface area contributed by atoms with Gasteiger partial charge in [0.05, 0.1) is 11.4 Å². The summed E-state index contributed by atoms with van der Waals surface area (Å²) in [6, 6.07) is 0. The van der Waals surface area contributed by atoms with Gasteiger partial charge in [-0.25, -0.2) is 0 Å². The van der Waals surface area contributed by atoms with E-state index in [1.807, 2.05) is 0 Å². The summed E-state index contributed by atoms with van der Waals surface area (Å²) < 4.78 is 10.4. The molecule has 0 N–H and O–H groups in total. The first-order chi connectivity index (χ1) is 4.84. The molecule has 1 rings (SSSR count). The Bertz CT molecular complexity index is 141. The quantitative estimate of drug-likeness (QED) is 0.497. The molecule has 0 aromatic carbocycles. The molecular weight excluding hydrogens is 196 g/mol. The molecule has 1 fully saturated rings. The second kappa shape index (κ2) is 3.97. The first-order valence-corrected chi connectivity index (χ1v) is 4.07. The summed E-state index contributed by atoms with van der Waals surface area (Å²) in [4.78, 5) is 0.306. The monoisotopic (exact) mass is 204 g/mol. The first-order valence-electron chi connectivity index (χ1n) is 3.15. The maximum atomic E-state index is 5.20. The van der Waals surface area contributed by atoms with E-state index in [2.05, 4.69) is 21.9 Å². The summed E-state index contributed by atoms with van der Waals surface area (Å²) in [6.45, 7) is 1.08. The third-order valence-electron chi connectivity index (χ3n) is 1.30. The number of terminal acetylenes is 1. The molecule has 0 spiro atoms. The van der Waals surface area contributed by atoms with Gasteiger partial charge in [-0.15, -0.1) is 6.42 Å². The fraction of sp³-hybridized carbons (Fsp3) is 0.714. The predicted octanol–water partition coefficient (Wildman–Crippen LogP) is 1.15. The molecule has 1 aliphatic heterocycles. The van der Waals surface area contributed by atoms with Crippen molar-refractivity contribution >= 4 is 15.9 Å². The zero-order chi connectivity index (χ0) is 7.40. The fourth-order valence-electron chi connectivity index (χ4n) is 0.820. The van der Waals surface area contributed by atoms with Gasteiger partial charge in [0.25, 0.3) is 0 Å². The number of alkyl halides is 1. The average Bonchev–Trinajstić information content (AvgIpc) is 2.31. The molecule has 2 atom stereocenters. The fourth-order valence-corrected chi connectivity index (χ4v) is 1.31. The Kier molecular flexibility index (Phi) is 3.20. The second-order valence-corrected chi connectivity index (χ2v) is 3.24. The summed E-state index contributed by atoms with van der Waals surface area (Å²) in [5, 5.41) is 0. The van der Waals surface area contributed by atoms with Gasteiger partial charge in [0.15, 0.2) is 6.29 Å². The van der Waals surface area contributed by atoms with E-state index in [0.717, 1.165) is 13.0 Å². The van der Waals surface area contributed by atoms with Gasteiger partial charge in [-0.05, 0) is 6.42 Å². The topological polar surface area (TPSA) is 18.5 Å². The van der Waals surface area contributed by atoms with Crippen LogP contribution in [0.3, 0.4) is 0 Å². The maximum Gasteiger partial charge on any atom is 0.171 e. The third kappa shape index (κ3) is 1.98. The molecule has 0 aliphatic carbocycles. The zero-order valence-electron chi connectivity index (χ0n) is 5.55. The minimum Gasteiger partial charge on any atom is -0.351 e. The minimum atomic E-state index is -0.143. The van der Waals surface area contributed by atoms with E-state index in [1.165, 1.54) is 0 Å². The highest BCUT2D eigenvalue weighted by Crippen LogP contribution is 2.21. The van der Waals surface area contributed by atoms with E-state index in [4.69, 9.17) is 15.9 Å². The minimum absolute atomic E-state index is 0.143. The van der Waals surface area contributed by atoms with E-state index in [0.29, 0.717) is 11.4 Å². The van der Waals surface area contributed by atoms with Crippen LogP contribution < -0.4 is 0 Å². The van der Waals surface area contributed by atoms with E-state index in [-0.39, 0.29) is 6.29 Å². The van der Waals surface area contributed by atoms with Crippen molar-refractivity contribution in [3.8, 4) is 12.3 Å². The normalized spacial score (nSPS) is 32.0. The molecule has 0 unspecified atom stereocenters. The molecule has 0 saturated carbocycles. The van der Waals surface area contributed by atoms with Gasteiger partial charge in [0.2, 0.25) is 0 Å². The van der Waals surface area contributed by atoms with Gasteiger partial charge in [0, 0.05) is 0 Å². The Morgan fingerprint density at radius 2 is 2.60 bits per heavy atom. The number of hydrogen-bond donors (Lipinski definition) is 0. The summed E-state index contributed by atoms with van der Waals surface area (Å²) in [6.07, 6.45) is 5.86. The van der Waals surface area contributed by atoms with Crippen LogP contribution in [0.1, 0.15) is 6.42 Å². The van der Waals surface area contributed by atoms with E-state index in [9.17, 15) is 0 Å². The molecule has 0 amide bonds. The van der Waals surface area contributed by atoms with Gasteiger partial charge in [0.1, 0.15) is 6.61 Å². The van der Waals surface area contributed by atoms with Crippen molar-refractivity contribution in [3.05, 3.63) is 0 Å². The lowest BCUT2D eigenvalue weighted by molar-refractivity contribution is -0.0961. The average molecular weight is 205 g/mol. The van der Waals surface area contributed by atoms with Crippen molar-refractivity contribution in [1.82, 2.24) is 0 Å². The van der Waals surface area contributed by atoms with Crippen molar-refractivity contribution in [2.75, 3.05) is 13.2 Å². The smallest absolute Gasteiger partial charge is 0.171 e. The lowest BCUT2D eigenvalue weighted by atomic mass is 10.4. The molecule has 2 nitrogen and oxygen atoms in total. The third-order valence-corrected chi connectivity index (χ3v) is 2.19. The molecule has 0 aromatic rings. The number of halogens is 1. The Morgan fingerprint density at radius 3 is 3.10 bits per heavy atom. The SMILES string of the molecule is C#CCO[C@@H]1OCC[C@@H]1Br. The molecule has 0 bridgehead atoms.